The topological polar surface area (TPSA) is 61.8 Å². The highest BCUT2D eigenvalue weighted by Crippen LogP contribution is 2.40. The number of likely N-dealkylation sites (tertiary alicyclic amines) is 1. The molecule has 0 amide bonds. The molecule has 23 heavy (non-hydrogen) atoms. The molecule has 5 nitrogen and oxygen atoms in total. The molecule has 2 fully saturated rings. The van der Waals surface area contributed by atoms with Crippen molar-refractivity contribution in [1.82, 2.24) is 10.2 Å². The van der Waals surface area contributed by atoms with E-state index in [1.165, 1.54) is 12.1 Å². The second-order valence-corrected chi connectivity index (χ2v) is 6.11. The van der Waals surface area contributed by atoms with Crippen LogP contribution in [0.1, 0.15) is 5.56 Å². The van der Waals surface area contributed by atoms with E-state index in [4.69, 9.17) is 0 Å². The summed E-state index contributed by atoms with van der Waals surface area (Å²) in [5.41, 5.74) is -0.446. The molecular formula is C15H17F3N2O3. The van der Waals surface area contributed by atoms with Gasteiger partial charge in [-0.15, -0.1) is 13.2 Å². The normalized spacial score (nSPS) is 27.9. The quantitative estimate of drug-likeness (QED) is 0.880. The van der Waals surface area contributed by atoms with Gasteiger partial charge in [-0.1, -0.05) is 18.2 Å². The molecule has 2 saturated heterocycles. The van der Waals surface area contributed by atoms with Crippen LogP contribution >= 0.6 is 0 Å². The number of fused-ring (bicyclic) bond motifs is 1. The summed E-state index contributed by atoms with van der Waals surface area (Å²) < 4.78 is 41.5. The zero-order valence-corrected chi connectivity index (χ0v) is 12.3. The summed E-state index contributed by atoms with van der Waals surface area (Å²) in [5.74, 6) is -1.12. The van der Waals surface area contributed by atoms with Gasteiger partial charge in [-0.3, -0.25) is 9.69 Å². The Kier molecular flexibility index (Phi) is 3.97. The highest BCUT2D eigenvalue weighted by atomic mass is 19.4. The molecule has 2 atom stereocenters. The summed E-state index contributed by atoms with van der Waals surface area (Å²) >= 11 is 0. The maximum absolute atomic E-state index is 12.5. The van der Waals surface area contributed by atoms with Crippen molar-refractivity contribution in [2.75, 3.05) is 26.2 Å². The summed E-state index contributed by atoms with van der Waals surface area (Å²) in [4.78, 5) is 13.5. The molecule has 0 radical (unpaired) electrons. The van der Waals surface area contributed by atoms with E-state index >= 15 is 0 Å². The van der Waals surface area contributed by atoms with Gasteiger partial charge in [0.2, 0.25) is 0 Å². The molecule has 2 aliphatic rings. The van der Waals surface area contributed by atoms with Gasteiger partial charge in [0, 0.05) is 44.2 Å². The minimum Gasteiger partial charge on any atom is -0.481 e. The summed E-state index contributed by atoms with van der Waals surface area (Å²) in [5, 5.41) is 12.6. The van der Waals surface area contributed by atoms with Crippen LogP contribution in [-0.2, 0) is 11.3 Å². The molecular weight excluding hydrogens is 313 g/mol. The Labute approximate surface area is 131 Å². The number of para-hydroxylation sites is 1. The lowest BCUT2D eigenvalue weighted by atomic mass is 9.81. The first-order valence-corrected chi connectivity index (χ1v) is 7.30. The van der Waals surface area contributed by atoms with E-state index in [1.807, 2.05) is 4.90 Å². The maximum Gasteiger partial charge on any atom is 0.573 e. The van der Waals surface area contributed by atoms with Crippen LogP contribution in [-0.4, -0.2) is 48.5 Å². The van der Waals surface area contributed by atoms with Gasteiger partial charge in [0.15, 0.2) is 0 Å². The van der Waals surface area contributed by atoms with Gasteiger partial charge in [-0.25, -0.2) is 0 Å². The molecule has 2 aliphatic heterocycles. The number of carboxylic acid groups (broad SMARTS) is 1. The van der Waals surface area contributed by atoms with Gasteiger partial charge in [-0.2, -0.15) is 0 Å². The van der Waals surface area contributed by atoms with Crippen LogP contribution in [0.15, 0.2) is 24.3 Å². The molecule has 0 unspecified atom stereocenters. The Morgan fingerprint density at radius 1 is 1.43 bits per heavy atom. The van der Waals surface area contributed by atoms with E-state index in [0.29, 0.717) is 31.7 Å². The minimum atomic E-state index is -4.75. The third kappa shape index (κ3) is 3.13. The van der Waals surface area contributed by atoms with Crippen molar-refractivity contribution in [3.63, 3.8) is 0 Å². The number of ether oxygens (including phenoxy) is 1. The van der Waals surface area contributed by atoms with Crippen molar-refractivity contribution in [2.45, 2.75) is 12.9 Å². The van der Waals surface area contributed by atoms with E-state index in [1.54, 1.807) is 12.1 Å². The van der Waals surface area contributed by atoms with Crippen LogP contribution in [0, 0.1) is 11.3 Å². The summed E-state index contributed by atoms with van der Waals surface area (Å²) in [6.45, 7) is 2.10. The maximum atomic E-state index is 12.5. The molecule has 1 aromatic carbocycles. The Hall–Kier alpha value is -1.80. The number of carboxylic acids is 1. The number of halogens is 3. The standard InChI is InChI=1S/C15H17F3N2O3/c16-15(17,18)23-12-4-2-1-3-10(12)6-20-7-11-5-19-8-14(11,9-20)13(21)22/h1-4,11,19H,5-9H2,(H,21,22)/t11-,14-/m1/s1. The SMILES string of the molecule is O=C(O)[C@@]12CNC[C@@H]1CN(Cc1ccccc1OC(F)(F)F)C2. The van der Waals surface area contributed by atoms with E-state index < -0.39 is 17.7 Å². The molecule has 126 valence electrons. The largest absolute Gasteiger partial charge is 0.573 e. The number of carbonyl (C=O) groups is 1. The summed E-state index contributed by atoms with van der Waals surface area (Å²) in [6, 6.07) is 5.96. The summed E-state index contributed by atoms with van der Waals surface area (Å²) in [6.07, 6.45) is -4.75. The van der Waals surface area contributed by atoms with Gasteiger partial charge < -0.3 is 15.2 Å². The Morgan fingerprint density at radius 2 is 2.17 bits per heavy atom. The number of aliphatic carboxylic acids is 1. The predicted octanol–water partition coefficient (Wildman–Crippen LogP) is 1.69. The molecule has 0 aromatic heterocycles. The molecule has 2 N–H and O–H groups in total. The fourth-order valence-electron chi connectivity index (χ4n) is 3.55. The van der Waals surface area contributed by atoms with Crippen LogP contribution in [0.4, 0.5) is 13.2 Å². The van der Waals surface area contributed by atoms with Gasteiger partial charge in [-0.05, 0) is 6.07 Å². The third-order valence-electron chi connectivity index (χ3n) is 4.62. The first-order valence-electron chi connectivity index (χ1n) is 7.30. The lowest BCUT2D eigenvalue weighted by molar-refractivity contribution is -0.275. The molecule has 2 heterocycles. The van der Waals surface area contributed by atoms with Crippen molar-refractivity contribution in [3.05, 3.63) is 29.8 Å². The average Bonchev–Trinajstić information content (AvgIpc) is 2.97. The minimum absolute atomic E-state index is 0.0318. The number of hydrogen-bond donors (Lipinski definition) is 2. The lowest BCUT2D eigenvalue weighted by Crippen LogP contribution is -2.40. The second-order valence-electron chi connectivity index (χ2n) is 6.11. The zero-order valence-electron chi connectivity index (χ0n) is 12.3. The third-order valence-corrected chi connectivity index (χ3v) is 4.62. The predicted molar refractivity (Wildman–Crippen MR) is 74.8 cm³/mol. The first-order chi connectivity index (χ1) is 10.8. The molecule has 0 aliphatic carbocycles. The van der Waals surface area contributed by atoms with Gasteiger partial charge >= 0.3 is 12.3 Å². The van der Waals surface area contributed by atoms with Crippen LogP contribution in [0.2, 0.25) is 0 Å². The van der Waals surface area contributed by atoms with Gasteiger partial charge in [0.1, 0.15) is 5.75 Å². The first kappa shape index (κ1) is 16.1. The van der Waals surface area contributed by atoms with Crippen LogP contribution in [0.5, 0.6) is 5.75 Å². The number of nitrogens with one attached hydrogen (secondary N) is 1. The number of benzene rings is 1. The van der Waals surface area contributed by atoms with E-state index in [-0.39, 0.29) is 18.2 Å². The number of nitrogens with zero attached hydrogens (tertiary/aromatic N) is 1. The fraction of sp³-hybridized carbons (Fsp3) is 0.533. The van der Waals surface area contributed by atoms with Gasteiger partial charge in [0.25, 0.3) is 0 Å². The van der Waals surface area contributed by atoms with E-state index in [9.17, 15) is 23.1 Å². The van der Waals surface area contributed by atoms with Crippen molar-refractivity contribution >= 4 is 5.97 Å². The smallest absolute Gasteiger partial charge is 0.481 e. The summed E-state index contributed by atoms with van der Waals surface area (Å²) in [7, 11) is 0. The molecule has 0 spiro atoms. The second kappa shape index (κ2) is 5.68. The number of rotatable bonds is 4. The molecule has 1 aromatic rings. The molecule has 0 bridgehead atoms. The van der Waals surface area contributed by atoms with Crippen molar-refractivity contribution in [1.29, 1.82) is 0 Å². The van der Waals surface area contributed by atoms with Crippen molar-refractivity contribution in [2.24, 2.45) is 11.3 Å². The van der Waals surface area contributed by atoms with Crippen molar-refractivity contribution < 1.29 is 27.8 Å². The molecule has 8 heteroatoms. The highest BCUT2D eigenvalue weighted by Gasteiger charge is 2.55. The van der Waals surface area contributed by atoms with Gasteiger partial charge in [0.05, 0.1) is 5.41 Å². The zero-order chi connectivity index (χ0) is 16.7. The number of hydrogen-bond acceptors (Lipinski definition) is 4. The Morgan fingerprint density at radius 3 is 2.83 bits per heavy atom. The highest BCUT2D eigenvalue weighted by molar-refractivity contribution is 5.77. The van der Waals surface area contributed by atoms with Crippen LogP contribution < -0.4 is 10.1 Å². The van der Waals surface area contributed by atoms with E-state index in [0.717, 1.165) is 0 Å². The number of alkyl halides is 3. The van der Waals surface area contributed by atoms with Crippen LogP contribution in [0.25, 0.3) is 0 Å². The molecule has 0 saturated carbocycles. The average molecular weight is 330 g/mol. The lowest BCUT2D eigenvalue weighted by Gasteiger charge is -2.23. The van der Waals surface area contributed by atoms with Crippen LogP contribution in [0.3, 0.4) is 0 Å². The Balaban J connectivity index is 1.75. The monoisotopic (exact) mass is 330 g/mol. The van der Waals surface area contributed by atoms with Crippen molar-refractivity contribution in [3.8, 4) is 5.75 Å². The Bertz CT molecular complexity index is 608. The fourth-order valence-corrected chi connectivity index (χ4v) is 3.55. The molecule has 3 rings (SSSR count). The van der Waals surface area contributed by atoms with E-state index in [2.05, 4.69) is 10.1 Å².